The molecule has 0 atom stereocenters. The van der Waals surface area contributed by atoms with E-state index in [4.69, 9.17) is 21.5 Å². The monoisotopic (exact) mass is 336 g/mol. The zero-order valence-electron chi connectivity index (χ0n) is 12.7. The molecule has 0 unspecified atom stereocenters. The Morgan fingerprint density at radius 1 is 1.20 bits per heavy atom. The van der Waals surface area contributed by atoms with E-state index in [2.05, 4.69) is 4.74 Å². The number of hydrogen-bond acceptors (Lipinski definition) is 8. The second kappa shape index (κ2) is 6.41. The molecular formula is C15H8N6O4. The minimum atomic E-state index is -0.920. The summed E-state index contributed by atoms with van der Waals surface area (Å²) in [7, 11) is 1.08. The van der Waals surface area contributed by atoms with E-state index >= 15 is 0 Å². The highest BCUT2D eigenvalue weighted by atomic mass is 16.6. The van der Waals surface area contributed by atoms with Crippen molar-refractivity contribution in [1.29, 1.82) is 15.8 Å². The molecule has 0 radical (unpaired) electrons. The fourth-order valence-electron chi connectivity index (χ4n) is 2.21. The largest absolute Gasteiger partial charge is 0.464 e. The Balaban J connectivity index is 2.95. The normalized spacial score (nSPS) is 9.52. The van der Waals surface area contributed by atoms with E-state index in [0.29, 0.717) is 0 Å². The van der Waals surface area contributed by atoms with Gasteiger partial charge in [0.1, 0.15) is 23.9 Å². The van der Waals surface area contributed by atoms with Crippen molar-refractivity contribution in [3.05, 3.63) is 50.8 Å². The van der Waals surface area contributed by atoms with Crippen LogP contribution in [0.3, 0.4) is 0 Å². The average molecular weight is 336 g/mol. The second-order valence-electron chi connectivity index (χ2n) is 4.65. The number of nitro groups is 1. The van der Waals surface area contributed by atoms with E-state index in [0.717, 1.165) is 30.0 Å². The molecule has 10 nitrogen and oxygen atoms in total. The number of nitrogens with zero attached hydrogens (tertiary/aromatic N) is 5. The number of rotatable bonds is 3. The first kappa shape index (κ1) is 17.0. The van der Waals surface area contributed by atoms with Crippen LogP contribution >= 0.6 is 0 Å². The number of nitro benzene ring substituents is 1. The molecule has 1 aromatic heterocycles. The van der Waals surface area contributed by atoms with Crippen LogP contribution in [0.5, 0.6) is 0 Å². The molecule has 0 saturated carbocycles. The number of methoxy groups -OCH3 is 1. The molecule has 0 amide bonds. The highest BCUT2D eigenvalue weighted by Gasteiger charge is 2.27. The third kappa shape index (κ3) is 2.69. The summed E-state index contributed by atoms with van der Waals surface area (Å²) in [5, 5.41) is 38.6. The van der Waals surface area contributed by atoms with Gasteiger partial charge in [-0.15, -0.1) is 0 Å². The number of nitrogens with two attached hydrogens (primary N) is 1. The van der Waals surface area contributed by atoms with Gasteiger partial charge in [-0.3, -0.25) is 10.1 Å². The van der Waals surface area contributed by atoms with Crippen molar-refractivity contribution >= 4 is 17.3 Å². The minimum absolute atomic E-state index is 0.0995. The summed E-state index contributed by atoms with van der Waals surface area (Å²) in [6.45, 7) is 0. The summed E-state index contributed by atoms with van der Waals surface area (Å²) in [6, 6.07) is 7.19. The Kier molecular flexibility index (Phi) is 4.36. The number of nitrogen functional groups attached to an aromatic ring is 1. The number of aromatic nitrogens is 1. The maximum Gasteiger partial charge on any atom is 0.357 e. The lowest BCUT2D eigenvalue weighted by Crippen LogP contribution is -2.12. The molecule has 0 bridgehead atoms. The number of ether oxygens (including phenoxy) is 1. The summed E-state index contributed by atoms with van der Waals surface area (Å²) in [6.07, 6.45) is 1.12. The second-order valence-corrected chi connectivity index (χ2v) is 4.65. The van der Waals surface area contributed by atoms with Gasteiger partial charge in [-0.25, -0.2) is 4.79 Å². The van der Waals surface area contributed by atoms with E-state index in [-0.39, 0.29) is 33.8 Å². The van der Waals surface area contributed by atoms with Crippen molar-refractivity contribution in [3.63, 3.8) is 0 Å². The van der Waals surface area contributed by atoms with Crippen LogP contribution in [0.25, 0.3) is 5.69 Å². The lowest BCUT2D eigenvalue weighted by atomic mass is 10.1. The molecule has 0 aliphatic heterocycles. The zero-order valence-corrected chi connectivity index (χ0v) is 12.7. The summed E-state index contributed by atoms with van der Waals surface area (Å²) < 4.78 is 5.60. The van der Waals surface area contributed by atoms with Crippen molar-refractivity contribution in [2.75, 3.05) is 12.8 Å². The van der Waals surface area contributed by atoms with Crippen LogP contribution < -0.4 is 5.73 Å². The molecule has 2 N–H and O–H groups in total. The quantitative estimate of drug-likeness (QED) is 0.497. The number of nitriles is 3. The highest BCUT2D eigenvalue weighted by Crippen LogP contribution is 2.32. The van der Waals surface area contributed by atoms with E-state index in [1.165, 1.54) is 0 Å². The van der Waals surface area contributed by atoms with Gasteiger partial charge in [-0.05, 0) is 6.07 Å². The van der Waals surface area contributed by atoms with Gasteiger partial charge in [0, 0.05) is 12.3 Å². The molecule has 2 aromatic rings. The molecule has 2 rings (SSSR count). The van der Waals surface area contributed by atoms with Crippen LogP contribution in [-0.2, 0) is 4.74 Å². The van der Waals surface area contributed by atoms with Gasteiger partial charge in [0.2, 0.25) is 0 Å². The van der Waals surface area contributed by atoms with Crippen LogP contribution in [0, 0.1) is 44.1 Å². The number of hydrogen-bond donors (Lipinski definition) is 1. The van der Waals surface area contributed by atoms with E-state index in [1.54, 1.807) is 18.2 Å². The summed E-state index contributed by atoms with van der Waals surface area (Å²) in [4.78, 5) is 22.6. The highest BCUT2D eigenvalue weighted by molar-refractivity contribution is 5.96. The predicted molar refractivity (Wildman–Crippen MR) is 82.3 cm³/mol. The third-order valence-electron chi connectivity index (χ3n) is 3.36. The van der Waals surface area contributed by atoms with Gasteiger partial charge in [0.25, 0.3) is 5.69 Å². The van der Waals surface area contributed by atoms with Gasteiger partial charge in [0.05, 0.1) is 34.4 Å². The van der Waals surface area contributed by atoms with Crippen molar-refractivity contribution in [2.24, 2.45) is 0 Å². The lowest BCUT2D eigenvalue weighted by Gasteiger charge is -2.10. The molecule has 1 heterocycles. The first-order valence-electron chi connectivity index (χ1n) is 6.51. The maximum atomic E-state index is 12.0. The third-order valence-corrected chi connectivity index (χ3v) is 3.36. The van der Waals surface area contributed by atoms with Crippen LogP contribution in [0.2, 0.25) is 0 Å². The van der Waals surface area contributed by atoms with Crippen LogP contribution in [-0.4, -0.2) is 22.6 Å². The van der Waals surface area contributed by atoms with Crippen molar-refractivity contribution in [1.82, 2.24) is 4.57 Å². The first-order valence-corrected chi connectivity index (χ1v) is 6.51. The Morgan fingerprint density at radius 3 is 2.24 bits per heavy atom. The number of benzene rings is 1. The number of carbonyl (C=O) groups is 1. The summed E-state index contributed by atoms with van der Waals surface area (Å²) in [5.74, 6) is -0.920. The van der Waals surface area contributed by atoms with Crippen LogP contribution in [0.4, 0.5) is 11.4 Å². The summed E-state index contributed by atoms with van der Waals surface area (Å²) in [5.41, 5.74) is 4.07. The Morgan fingerprint density at radius 2 is 1.76 bits per heavy atom. The molecular weight excluding hydrogens is 328 g/mol. The van der Waals surface area contributed by atoms with Crippen molar-refractivity contribution in [3.8, 4) is 23.9 Å². The van der Waals surface area contributed by atoms with Crippen LogP contribution in [0.1, 0.15) is 27.2 Å². The van der Waals surface area contributed by atoms with Crippen molar-refractivity contribution in [2.45, 2.75) is 0 Å². The van der Waals surface area contributed by atoms with Gasteiger partial charge in [-0.1, -0.05) is 0 Å². The molecule has 122 valence electrons. The lowest BCUT2D eigenvalue weighted by molar-refractivity contribution is -0.384. The number of carbonyl (C=O) groups excluding carboxylic acids is 1. The fourth-order valence-corrected chi connectivity index (χ4v) is 2.21. The molecule has 0 spiro atoms. The van der Waals surface area contributed by atoms with Gasteiger partial charge in [0.15, 0.2) is 5.69 Å². The van der Waals surface area contributed by atoms with Crippen LogP contribution in [0.15, 0.2) is 18.3 Å². The SMILES string of the molecule is COC(=O)c1c(N)c(C#N)cn1-c1cc(C#N)c(C#N)cc1[N+](=O)[O-]. The van der Waals surface area contributed by atoms with E-state index < -0.39 is 16.6 Å². The van der Waals surface area contributed by atoms with Gasteiger partial charge >= 0.3 is 5.97 Å². The van der Waals surface area contributed by atoms with Crippen molar-refractivity contribution < 1.29 is 14.5 Å². The van der Waals surface area contributed by atoms with E-state index in [9.17, 15) is 14.9 Å². The molecule has 25 heavy (non-hydrogen) atoms. The molecule has 1 aromatic carbocycles. The minimum Gasteiger partial charge on any atom is -0.464 e. The molecule has 0 aliphatic carbocycles. The molecule has 10 heteroatoms. The average Bonchev–Trinajstić information content (AvgIpc) is 2.95. The van der Waals surface area contributed by atoms with Gasteiger partial charge < -0.3 is 15.0 Å². The molecule has 0 saturated heterocycles. The smallest absolute Gasteiger partial charge is 0.357 e. The topological polar surface area (TPSA) is 172 Å². The zero-order chi connectivity index (χ0) is 18.7. The number of anilines is 1. The van der Waals surface area contributed by atoms with E-state index in [1.807, 2.05) is 0 Å². The summed E-state index contributed by atoms with van der Waals surface area (Å²) >= 11 is 0. The van der Waals surface area contributed by atoms with Gasteiger partial charge in [-0.2, -0.15) is 15.8 Å². The Labute approximate surface area is 140 Å². The first-order chi connectivity index (χ1) is 11.9. The maximum absolute atomic E-state index is 12.0. The predicted octanol–water partition coefficient (Wildman–Crippen LogP) is 1.37. The standard InChI is InChI=1S/C15H8N6O4/c1-25-15(22)14-13(19)10(6-18)7-20(14)11-2-8(4-16)9(5-17)3-12(11)21(23)24/h2-3,7H,19H2,1H3. The molecule has 0 fully saturated rings. The Bertz CT molecular complexity index is 1030. The Hall–Kier alpha value is -4.36. The number of esters is 1. The molecule has 0 aliphatic rings. The fraction of sp³-hybridized carbons (Fsp3) is 0.0667.